The number of carbonyl (C=O) groups excluding carboxylic acids is 2. The molecule has 2 amide bonds. The highest BCUT2D eigenvalue weighted by Gasteiger charge is 2.08. The number of nitrogens with one attached hydrogen (secondary N) is 2. The molecule has 0 aliphatic heterocycles. The zero-order chi connectivity index (χ0) is 19.1. The minimum atomic E-state index is -0.315. The molecule has 1 aromatic heterocycles. The third kappa shape index (κ3) is 5.47. The van der Waals surface area contributed by atoms with Crippen LogP contribution in [-0.4, -0.2) is 16.8 Å². The number of amides is 2. The second-order valence-corrected chi connectivity index (χ2v) is 5.95. The summed E-state index contributed by atoms with van der Waals surface area (Å²) in [6, 6.07) is 16.4. The minimum absolute atomic E-state index is 0.185. The zero-order valence-corrected chi connectivity index (χ0v) is 14.5. The molecule has 3 rings (SSSR count). The van der Waals surface area contributed by atoms with E-state index in [9.17, 15) is 14.0 Å². The van der Waals surface area contributed by atoms with Gasteiger partial charge in [-0.15, -0.1) is 0 Å². The molecule has 0 spiro atoms. The van der Waals surface area contributed by atoms with E-state index in [1.54, 1.807) is 54.7 Å². The second kappa shape index (κ2) is 8.71. The number of aryl methyl sites for hydroxylation is 1. The quantitative estimate of drug-likeness (QED) is 0.694. The van der Waals surface area contributed by atoms with E-state index in [4.69, 9.17) is 0 Å². The summed E-state index contributed by atoms with van der Waals surface area (Å²) in [6.07, 6.45) is 3.75. The molecule has 0 unspecified atom stereocenters. The van der Waals surface area contributed by atoms with E-state index in [0.717, 1.165) is 5.56 Å². The molecule has 0 fully saturated rings. The van der Waals surface area contributed by atoms with Gasteiger partial charge in [-0.2, -0.15) is 0 Å². The van der Waals surface area contributed by atoms with Gasteiger partial charge in [-0.1, -0.05) is 18.2 Å². The summed E-state index contributed by atoms with van der Waals surface area (Å²) in [5, 5.41) is 5.55. The van der Waals surface area contributed by atoms with Crippen LogP contribution in [-0.2, 0) is 11.2 Å². The van der Waals surface area contributed by atoms with Crippen molar-refractivity contribution in [3.05, 3.63) is 90.0 Å². The Hall–Kier alpha value is -3.54. The van der Waals surface area contributed by atoms with Gasteiger partial charge in [0.2, 0.25) is 5.91 Å². The van der Waals surface area contributed by atoms with Crippen molar-refractivity contribution in [2.75, 3.05) is 10.6 Å². The van der Waals surface area contributed by atoms with Crippen LogP contribution < -0.4 is 10.6 Å². The summed E-state index contributed by atoms with van der Waals surface area (Å²) in [5.74, 6) is -0.780. The van der Waals surface area contributed by atoms with Crippen LogP contribution in [0.4, 0.5) is 15.8 Å². The van der Waals surface area contributed by atoms with E-state index in [1.807, 2.05) is 0 Å². The Morgan fingerprint density at radius 2 is 1.70 bits per heavy atom. The van der Waals surface area contributed by atoms with E-state index in [1.165, 1.54) is 18.3 Å². The first-order valence-corrected chi connectivity index (χ1v) is 8.46. The summed E-state index contributed by atoms with van der Waals surface area (Å²) in [7, 11) is 0. The molecule has 0 radical (unpaired) electrons. The fourth-order valence-corrected chi connectivity index (χ4v) is 2.55. The van der Waals surface area contributed by atoms with Gasteiger partial charge in [0, 0.05) is 30.2 Å². The van der Waals surface area contributed by atoms with Crippen LogP contribution in [0.15, 0.2) is 73.1 Å². The number of rotatable bonds is 6. The van der Waals surface area contributed by atoms with Gasteiger partial charge in [0.05, 0.1) is 5.56 Å². The normalized spacial score (nSPS) is 10.3. The molecule has 1 heterocycles. The summed E-state index contributed by atoms with van der Waals surface area (Å²) in [5.41, 5.74) is 2.35. The van der Waals surface area contributed by atoms with E-state index in [-0.39, 0.29) is 24.1 Å². The van der Waals surface area contributed by atoms with Crippen molar-refractivity contribution in [1.29, 1.82) is 0 Å². The van der Waals surface area contributed by atoms with E-state index >= 15 is 0 Å². The highest BCUT2D eigenvalue weighted by atomic mass is 19.1. The van der Waals surface area contributed by atoms with Gasteiger partial charge in [0.15, 0.2) is 0 Å². The van der Waals surface area contributed by atoms with Gasteiger partial charge < -0.3 is 10.6 Å². The third-order valence-corrected chi connectivity index (χ3v) is 3.86. The molecular formula is C21H18FN3O2. The van der Waals surface area contributed by atoms with E-state index in [2.05, 4.69) is 15.6 Å². The first-order chi connectivity index (χ1) is 13.1. The van der Waals surface area contributed by atoms with Crippen molar-refractivity contribution in [2.45, 2.75) is 12.8 Å². The Kier molecular flexibility index (Phi) is 5.89. The molecule has 0 atom stereocenters. The number of carbonyl (C=O) groups is 2. The topological polar surface area (TPSA) is 71.1 Å². The average molecular weight is 363 g/mol. The lowest BCUT2D eigenvalue weighted by molar-refractivity contribution is -0.116. The Morgan fingerprint density at radius 1 is 0.926 bits per heavy atom. The maximum absolute atomic E-state index is 13.2. The van der Waals surface area contributed by atoms with Crippen LogP contribution in [0.2, 0.25) is 0 Å². The molecule has 5 nitrogen and oxygen atoms in total. The van der Waals surface area contributed by atoms with Gasteiger partial charge >= 0.3 is 0 Å². The Balaban J connectivity index is 1.57. The molecule has 0 saturated carbocycles. The maximum Gasteiger partial charge on any atom is 0.257 e. The highest BCUT2D eigenvalue weighted by molar-refractivity contribution is 6.04. The number of benzene rings is 2. The molecule has 2 aromatic carbocycles. The van der Waals surface area contributed by atoms with Crippen LogP contribution in [0.3, 0.4) is 0 Å². The molecule has 0 aliphatic rings. The summed E-state index contributed by atoms with van der Waals surface area (Å²) >= 11 is 0. The lowest BCUT2D eigenvalue weighted by Crippen LogP contribution is -2.14. The molecule has 136 valence electrons. The van der Waals surface area contributed by atoms with E-state index in [0.29, 0.717) is 23.4 Å². The SMILES string of the molecule is O=C(CCc1cccc(F)c1)Nc1cccc(NC(=O)c2cccnc2)c1. The van der Waals surface area contributed by atoms with Gasteiger partial charge in [-0.3, -0.25) is 14.6 Å². The van der Waals surface area contributed by atoms with Crippen LogP contribution in [0.25, 0.3) is 0 Å². The first kappa shape index (κ1) is 18.3. The van der Waals surface area contributed by atoms with Crippen LogP contribution in [0.1, 0.15) is 22.3 Å². The molecule has 6 heteroatoms. The predicted molar refractivity (Wildman–Crippen MR) is 102 cm³/mol. The standard InChI is InChI=1S/C21H18FN3O2/c22-17-6-1-4-15(12-17)9-10-20(26)24-18-7-2-8-19(13-18)25-21(27)16-5-3-11-23-14-16/h1-8,11-14H,9-10H2,(H,24,26)(H,25,27). The van der Waals surface area contributed by atoms with E-state index < -0.39 is 0 Å². The molecule has 2 N–H and O–H groups in total. The third-order valence-electron chi connectivity index (χ3n) is 3.86. The number of aromatic nitrogens is 1. The number of anilines is 2. The van der Waals surface area contributed by atoms with Crippen molar-refractivity contribution in [3.63, 3.8) is 0 Å². The van der Waals surface area contributed by atoms with Crippen molar-refractivity contribution >= 4 is 23.2 Å². The molecular weight excluding hydrogens is 345 g/mol. The Morgan fingerprint density at radius 3 is 2.44 bits per heavy atom. The molecule has 0 aliphatic carbocycles. The summed E-state index contributed by atoms with van der Waals surface area (Å²) < 4.78 is 13.2. The Bertz CT molecular complexity index is 945. The average Bonchev–Trinajstić information content (AvgIpc) is 2.67. The van der Waals surface area contributed by atoms with Gasteiger partial charge in [0.1, 0.15) is 5.82 Å². The number of halogens is 1. The van der Waals surface area contributed by atoms with Gasteiger partial charge in [0.25, 0.3) is 5.91 Å². The number of hydrogen-bond donors (Lipinski definition) is 2. The monoisotopic (exact) mass is 363 g/mol. The number of nitrogens with zero attached hydrogens (tertiary/aromatic N) is 1. The summed E-state index contributed by atoms with van der Waals surface area (Å²) in [4.78, 5) is 28.2. The fraction of sp³-hybridized carbons (Fsp3) is 0.0952. The lowest BCUT2D eigenvalue weighted by atomic mass is 10.1. The fourth-order valence-electron chi connectivity index (χ4n) is 2.55. The first-order valence-electron chi connectivity index (χ1n) is 8.46. The van der Waals surface area contributed by atoms with Crippen molar-refractivity contribution in [1.82, 2.24) is 4.98 Å². The van der Waals surface area contributed by atoms with Gasteiger partial charge in [-0.05, 0) is 54.4 Å². The predicted octanol–water partition coefficient (Wildman–Crippen LogP) is 4.04. The molecule has 27 heavy (non-hydrogen) atoms. The van der Waals surface area contributed by atoms with Crippen molar-refractivity contribution < 1.29 is 14.0 Å². The second-order valence-electron chi connectivity index (χ2n) is 5.95. The highest BCUT2D eigenvalue weighted by Crippen LogP contribution is 2.17. The largest absolute Gasteiger partial charge is 0.326 e. The molecule has 3 aromatic rings. The van der Waals surface area contributed by atoms with Crippen LogP contribution in [0, 0.1) is 5.82 Å². The van der Waals surface area contributed by atoms with Crippen molar-refractivity contribution in [2.24, 2.45) is 0 Å². The zero-order valence-electron chi connectivity index (χ0n) is 14.5. The molecule has 0 bridgehead atoms. The maximum atomic E-state index is 13.2. The van der Waals surface area contributed by atoms with Crippen LogP contribution >= 0.6 is 0 Å². The smallest absolute Gasteiger partial charge is 0.257 e. The van der Waals surface area contributed by atoms with Crippen LogP contribution in [0.5, 0.6) is 0 Å². The molecule has 0 saturated heterocycles. The lowest BCUT2D eigenvalue weighted by Gasteiger charge is -2.09. The van der Waals surface area contributed by atoms with Gasteiger partial charge in [-0.25, -0.2) is 4.39 Å². The number of hydrogen-bond acceptors (Lipinski definition) is 3. The van der Waals surface area contributed by atoms with Crippen molar-refractivity contribution in [3.8, 4) is 0 Å². The Labute approximate surface area is 156 Å². The number of pyridine rings is 1. The minimum Gasteiger partial charge on any atom is -0.326 e. The summed E-state index contributed by atoms with van der Waals surface area (Å²) in [6.45, 7) is 0.